The Morgan fingerprint density at radius 3 is 2.79 bits per heavy atom. The predicted molar refractivity (Wildman–Crippen MR) is 97.0 cm³/mol. The van der Waals surface area contributed by atoms with Crippen LogP contribution in [0.25, 0.3) is 0 Å². The molecule has 0 spiro atoms. The molecule has 0 bridgehead atoms. The number of unbranched alkanes of at least 4 members (excludes halogenated alkanes) is 2. The van der Waals surface area contributed by atoms with E-state index in [0.717, 1.165) is 30.7 Å². The molecule has 5 nitrogen and oxygen atoms in total. The first-order chi connectivity index (χ1) is 11.7. The quantitative estimate of drug-likeness (QED) is 0.679. The van der Waals surface area contributed by atoms with Gasteiger partial charge >= 0.3 is 0 Å². The second-order valence-electron chi connectivity index (χ2n) is 5.45. The maximum absolute atomic E-state index is 12.2. The zero-order chi connectivity index (χ0) is 17.2. The highest BCUT2D eigenvalue weighted by Crippen LogP contribution is 2.26. The van der Waals surface area contributed by atoms with Gasteiger partial charge in [-0.1, -0.05) is 31.9 Å². The summed E-state index contributed by atoms with van der Waals surface area (Å²) in [4.78, 5) is 16.5. The van der Waals surface area contributed by atoms with E-state index in [1.165, 1.54) is 0 Å². The van der Waals surface area contributed by atoms with Crippen molar-refractivity contribution in [1.29, 1.82) is 0 Å². The van der Waals surface area contributed by atoms with E-state index in [-0.39, 0.29) is 5.91 Å². The zero-order valence-electron chi connectivity index (χ0n) is 14.3. The molecule has 0 radical (unpaired) electrons. The number of pyridine rings is 1. The van der Waals surface area contributed by atoms with Crippen LogP contribution in [0.3, 0.4) is 0 Å². The molecule has 0 saturated heterocycles. The summed E-state index contributed by atoms with van der Waals surface area (Å²) in [5.74, 6) is 1.30. The highest BCUT2D eigenvalue weighted by Gasteiger charge is 2.08. The third-order valence-corrected chi connectivity index (χ3v) is 3.54. The number of carbonyl (C=O) groups excluding carboxylic acids is 1. The number of ether oxygens (including phenoxy) is 1. The normalized spacial score (nSPS) is 10.2. The van der Waals surface area contributed by atoms with E-state index in [1.807, 2.05) is 31.2 Å². The third kappa shape index (κ3) is 5.26. The molecule has 0 aliphatic heterocycles. The molecule has 1 heterocycles. The fourth-order valence-electron chi connectivity index (χ4n) is 2.31. The van der Waals surface area contributed by atoms with Gasteiger partial charge in [0.1, 0.15) is 11.6 Å². The molecule has 5 heteroatoms. The summed E-state index contributed by atoms with van der Waals surface area (Å²) >= 11 is 0. The monoisotopic (exact) mass is 327 g/mol. The first-order valence-electron chi connectivity index (χ1n) is 8.47. The van der Waals surface area contributed by atoms with Crippen LogP contribution in [0, 0.1) is 0 Å². The van der Waals surface area contributed by atoms with Crippen molar-refractivity contribution in [3.63, 3.8) is 0 Å². The lowest BCUT2D eigenvalue weighted by Crippen LogP contribution is -2.24. The Morgan fingerprint density at radius 1 is 1.17 bits per heavy atom. The zero-order valence-corrected chi connectivity index (χ0v) is 14.3. The van der Waals surface area contributed by atoms with Crippen molar-refractivity contribution >= 4 is 17.4 Å². The lowest BCUT2D eigenvalue weighted by Gasteiger charge is -2.12. The Morgan fingerprint density at radius 2 is 2.00 bits per heavy atom. The number of para-hydroxylation sites is 2. The Labute approximate surface area is 143 Å². The maximum Gasteiger partial charge on any atom is 0.251 e. The van der Waals surface area contributed by atoms with Crippen molar-refractivity contribution in [3.05, 3.63) is 48.2 Å². The highest BCUT2D eigenvalue weighted by atomic mass is 16.5. The van der Waals surface area contributed by atoms with Gasteiger partial charge in [0.15, 0.2) is 0 Å². The largest absolute Gasteiger partial charge is 0.492 e. The van der Waals surface area contributed by atoms with Crippen LogP contribution >= 0.6 is 0 Å². The average molecular weight is 327 g/mol. The van der Waals surface area contributed by atoms with Crippen molar-refractivity contribution in [3.8, 4) is 5.75 Å². The Balaban J connectivity index is 2.04. The number of nitrogens with one attached hydrogen (secondary N) is 2. The number of amides is 1. The van der Waals surface area contributed by atoms with Crippen molar-refractivity contribution < 1.29 is 9.53 Å². The molecule has 128 valence electrons. The van der Waals surface area contributed by atoms with E-state index in [4.69, 9.17) is 4.74 Å². The van der Waals surface area contributed by atoms with Gasteiger partial charge in [-0.3, -0.25) is 4.79 Å². The van der Waals surface area contributed by atoms with E-state index in [2.05, 4.69) is 22.5 Å². The second-order valence-corrected chi connectivity index (χ2v) is 5.45. The van der Waals surface area contributed by atoms with Gasteiger partial charge < -0.3 is 15.4 Å². The van der Waals surface area contributed by atoms with Crippen LogP contribution in [0.1, 0.15) is 43.5 Å². The fourth-order valence-corrected chi connectivity index (χ4v) is 2.31. The highest BCUT2D eigenvalue weighted by molar-refractivity contribution is 5.94. The van der Waals surface area contributed by atoms with Crippen molar-refractivity contribution in [1.82, 2.24) is 10.3 Å². The van der Waals surface area contributed by atoms with Crippen LogP contribution in [0.2, 0.25) is 0 Å². The van der Waals surface area contributed by atoms with E-state index < -0.39 is 0 Å². The van der Waals surface area contributed by atoms with Gasteiger partial charge in [-0.2, -0.15) is 0 Å². The molecular weight excluding hydrogens is 302 g/mol. The summed E-state index contributed by atoms with van der Waals surface area (Å²) in [6.45, 7) is 5.37. The number of hydrogen-bond acceptors (Lipinski definition) is 4. The van der Waals surface area contributed by atoms with Gasteiger partial charge in [0.25, 0.3) is 5.91 Å². The van der Waals surface area contributed by atoms with Crippen LogP contribution in [0.5, 0.6) is 5.75 Å². The van der Waals surface area contributed by atoms with E-state index >= 15 is 0 Å². The first-order valence-corrected chi connectivity index (χ1v) is 8.47. The fraction of sp³-hybridized carbons (Fsp3) is 0.368. The van der Waals surface area contributed by atoms with Gasteiger partial charge in [0.05, 0.1) is 12.3 Å². The molecule has 0 aliphatic carbocycles. The lowest BCUT2D eigenvalue weighted by atomic mass is 10.2. The number of benzene rings is 1. The van der Waals surface area contributed by atoms with E-state index in [1.54, 1.807) is 18.3 Å². The number of rotatable bonds is 9. The third-order valence-electron chi connectivity index (χ3n) is 3.54. The summed E-state index contributed by atoms with van der Waals surface area (Å²) in [6.07, 6.45) is 4.89. The van der Waals surface area contributed by atoms with E-state index in [9.17, 15) is 4.79 Å². The topological polar surface area (TPSA) is 63.2 Å². The number of hydrogen-bond donors (Lipinski definition) is 2. The van der Waals surface area contributed by atoms with Crippen molar-refractivity contribution in [2.75, 3.05) is 18.5 Å². The average Bonchev–Trinajstić information content (AvgIpc) is 2.61. The standard InChI is InChI=1S/C19H25N3O2/c1-3-5-8-12-21-19(23)15-11-13-20-18(14-15)22-16-9-6-7-10-17(16)24-4-2/h6-7,9-11,13-14H,3-5,8,12H2,1-2H3,(H,20,22)(H,21,23). The Bertz CT molecular complexity index is 659. The summed E-state index contributed by atoms with van der Waals surface area (Å²) < 4.78 is 5.59. The van der Waals surface area contributed by atoms with Crippen LogP contribution < -0.4 is 15.4 Å². The molecule has 0 atom stereocenters. The van der Waals surface area contributed by atoms with Crippen LogP contribution in [0.4, 0.5) is 11.5 Å². The Kier molecular flexibility index (Phi) is 7.08. The number of carbonyl (C=O) groups is 1. The molecule has 1 aromatic carbocycles. The SMILES string of the molecule is CCCCCNC(=O)c1ccnc(Nc2ccccc2OCC)c1. The number of nitrogens with zero attached hydrogens (tertiary/aromatic N) is 1. The van der Waals surface area contributed by atoms with Gasteiger partial charge in [-0.25, -0.2) is 4.98 Å². The Hall–Kier alpha value is -2.56. The number of anilines is 2. The molecule has 1 aromatic heterocycles. The van der Waals surface area contributed by atoms with Gasteiger partial charge in [-0.15, -0.1) is 0 Å². The summed E-state index contributed by atoms with van der Waals surface area (Å²) in [5.41, 5.74) is 1.42. The smallest absolute Gasteiger partial charge is 0.251 e. The predicted octanol–water partition coefficient (Wildman–Crippen LogP) is 4.14. The van der Waals surface area contributed by atoms with Crippen LogP contribution in [-0.2, 0) is 0 Å². The second kappa shape index (κ2) is 9.55. The molecule has 2 rings (SSSR count). The van der Waals surface area contributed by atoms with E-state index in [0.29, 0.717) is 24.5 Å². The molecule has 0 aliphatic rings. The molecule has 2 aromatic rings. The van der Waals surface area contributed by atoms with Gasteiger partial charge in [-0.05, 0) is 37.6 Å². The lowest BCUT2D eigenvalue weighted by molar-refractivity contribution is 0.0953. The molecule has 2 N–H and O–H groups in total. The molecule has 0 saturated carbocycles. The minimum atomic E-state index is -0.0744. The first kappa shape index (κ1) is 17.8. The molecule has 0 unspecified atom stereocenters. The molecule has 1 amide bonds. The minimum absolute atomic E-state index is 0.0744. The minimum Gasteiger partial charge on any atom is -0.492 e. The number of aromatic nitrogens is 1. The molecular formula is C19H25N3O2. The van der Waals surface area contributed by atoms with Crippen LogP contribution in [0.15, 0.2) is 42.6 Å². The maximum atomic E-state index is 12.2. The van der Waals surface area contributed by atoms with Crippen LogP contribution in [-0.4, -0.2) is 24.0 Å². The van der Waals surface area contributed by atoms with Crippen molar-refractivity contribution in [2.24, 2.45) is 0 Å². The van der Waals surface area contributed by atoms with Gasteiger partial charge in [0.2, 0.25) is 0 Å². The van der Waals surface area contributed by atoms with Gasteiger partial charge in [0, 0.05) is 18.3 Å². The molecule has 0 fully saturated rings. The summed E-state index contributed by atoms with van der Waals surface area (Å²) in [7, 11) is 0. The summed E-state index contributed by atoms with van der Waals surface area (Å²) in [5, 5.41) is 6.15. The molecule has 24 heavy (non-hydrogen) atoms. The summed E-state index contributed by atoms with van der Waals surface area (Å²) in [6, 6.07) is 11.1. The van der Waals surface area contributed by atoms with Crippen molar-refractivity contribution in [2.45, 2.75) is 33.1 Å².